The molecule has 1 saturated heterocycles. The molecule has 25 heavy (non-hydrogen) atoms. The van der Waals surface area contributed by atoms with E-state index in [0.29, 0.717) is 11.1 Å². The average molecular weight is 362 g/mol. The van der Waals surface area contributed by atoms with E-state index in [1.54, 1.807) is 0 Å². The third-order valence-electron chi connectivity index (χ3n) is 5.30. The van der Waals surface area contributed by atoms with Crippen LogP contribution in [0.2, 0.25) is 5.02 Å². The van der Waals surface area contributed by atoms with Crippen molar-refractivity contribution in [2.24, 2.45) is 5.73 Å². The number of piperazine rings is 1. The highest BCUT2D eigenvalue weighted by molar-refractivity contribution is 6.30. The Morgan fingerprint density at radius 1 is 1.12 bits per heavy atom. The van der Waals surface area contributed by atoms with Crippen molar-refractivity contribution in [2.75, 3.05) is 32.7 Å². The summed E-state index contributed by atoms with van der Waals surface area (Å²) in [5.74, 6) is -0.0540. The molecular formula is C20H28ClN3O. The molecule has 1 fully saturated rings. The van der Waals surface area contributed by atoms with Gasteiger partial charge in [0.1, 0.15) is 6.23 Å². The summed E-state index contributed by atoms with van der Waals surface area (Å²) >= 11 is 5.96. The van der Waals surface area contributed by atoms with E-state index < -0.39 is 6.23 Å². The number of halogens is 1. The third kappa shape index (κ3) is 5.16. The minimum Gasteiger partial charge on any atom is -0.378 e. The smallest absolute Gasteiger partial charge is 0.109 e. The van der Waals surface area contributed by atoms with Gasteiger partial charge < -0.3 is 15.7 Å². The number of benzene rings is 1. The summed E-state index contributed by atoms with van der Waals surface area (Å²) in [6, 6.07) is 8.20. The summed E-state index contributed by atoms with van der Waals surface area (Å²) in [7, 11) is 0. The minimum absolute atomic E-state index is 0.0540. The highest BCUT2D eigenvalue weighted by atomic mass is 35.5. The zero-order valence-corrected chi connectivity index (χ0v) is 15.4. The number of aliphatic hydroxyl groups excluding tert-OH is 1. The predicted molar refractivity (Wildman–Crippen MR) is 104 cm³/mol. The number of aliphatic hydroxyl groups is 1. The summed E-state index contributed by atoms with van der Waals surface area (Å²) in [4.78, 5) is 5.04. The van der Waals surface area contributed by atoms with E-state index in [1.807, 2.05) is 24.3 Å². The quantitative estimate of drug-likeness (QED) is 0.765. The van der Waals surface area contributed by atoms with Gasteiger partial charge in [0.25, 0.3) is 0 Å². The van der Waals surface area contributed by atoms with Crippen molar-refractivity contribution in [3.63, 3.8) is 0 Å². The zero-order chi connectivity index (χ0) is 17.6. The van der Waals surface area contributed by atoms with Crippen LogP contribution in [-0.2, 0) is 0 Å². The first-order valence-corrected chi connectivity index (χ1v) is 9.50. The fourth-order valence-electron chi connectivity index (χ4n) is 3.72. The van der Waals surface area contributed by atoms with Crippen molar-refractivity contribution in [2.45, 2.75) is 31.0 Å². The van der Waals surface area contributed by atoms with E-state index >= 15 is 0 Å². The molecule has 0 spiro atoms. The number of allylic oxidation sites excluding steroid dienone is 2. The van der Waals surface area contributed by atoms with Crippen molar-refractivity contribution in [1.29, 1.82) is 0 Å². The lowest BCUT2D eigenvalue weighted by Gasteiger charge is -2.39. The zero-order valence-electron chi connectivity index (χ0n) is 14.6. The first-order valence-electron chi connectivity index (χ1n) is 9.12. The molecule has 1 aromatic rings. The minimum atomic E-state index is -0.846. The molecule has 0 amide bonds. The van der Waals surface area contributed by atoms with E-state index in [2.05, 4.69) is 34.1 Å². The topological polar surface area (TPSA) is 52.7 Å². The van der Waals surface area contributed by atoms with Gasteiger partial charge in [0, 0.05) is 43.2 Å². The molecule has 2 aliphatic rings. The Balaban J connectivity index is 1.48. The van der Waals surface area contributed by atoms with E-state index in [1.165, 1.54) is 0 Å². The SMILES string of the molecule is NC(O)C(CCN1CCN(C2C=CC=CC2)CC1)c1ccc(Cl)cc1. The summed E-state index contributed by atoms with van der Waals surface area (Å²) in [6.45, 7) is 5.29. The van der Waals surface area contributed by atoms with Gasteiger partial charge in [-0.25, -0.2) is 0 Å². The lowest BCUT2D eigenvalue weighted by Crippen LogP contribution is -2.50. The molecule has 0 saturated carbocycles. The second-order valence-electron chi connectivity index (χ2n) is 6.93. The van der Waals surface area contributed by atoms with Gasteiger partial charge in [-0.3, -0.25) is 4.90 Å². The highest BCUT2D eigenvalue weighted by Crippen LogP contribution is 2.24. The van der Waals surface area contributed by atoms with Crippen molar-refractivity contribution in [3.05, 3.63) is 59.2 Å². The monoisotopic (exact) mass is 361 g/mol. The van der Waals surface area contributed by atoms with Crippen molar-refractivity contribution in [1.82, 2.24) is 9.80 Å². The molecule has 136 valence electrons. The molecule has 3 N–H and O–H groups in total. The second kappa shape index (κ2) is 8.97. The Morgan fingerprint density at radius 2 is 1.84 bits per heavy atom. The fraction of sp³-hybridized carbons (Fsp3) is 0.500. The Bertz CT molecular complexity index is 591. The molecule has 1 aliphatic heterocycles. The van der Waals surface area contributed by atoms with E-state index in [9.17, 15) is 5.11 Å². The lowest BCUT2D eigenvalue weighted by atomic mass is 9.94. The van der Waals surface area contributed by atoms with Gasteiger partial charge in [0.05, 0.1) is 0 Å². The summed E-state index contributed by atoms with van der Waals surface area (Å²) in [5.41, 5.74) is 6.88. The van der Waals surface area contributed by atoms with Crippen LogP contribution in [0.1, 0.15) is 24.3 Å². The summed E-state index contributed by atoms with van der Waals surface area (Å²) in [5, 5.41) is 10.7. The first kappa shape index (κ1) is 18.6. The van der Waals surface area contributed by atoms with Gasteiger partial charge in [-0.15, -0.1) is 0 Å². The van der Waals surface area contributed by atoms with Crippen molar-refractivity contribution in [3.8, 4) is 0 Å². The molecule has 0 bridgehead atoms. The largest absolute Gasteiger partial charge is 0.378 e. The molecule has 3 unspecified atom stereocenters. The highest BCUT2D eigenvalue weighted by Gasteiger charge is 2.24. The second-order valence-corrected chi connectivity index (χ2v) is 7.37. The van der Waals surface area contributed by atoms with E-state index in [-0.39, 0.29) is 5.92 Å². The van der Waals surface area contributed by atoms with Crippen LogP contribution in [0, 0.1) is 0 Å². The molecule has 3 rings (SSSR count). The molecule has 1 aliphatic carbocycles. The van der Waals surface area contributed by atoms with E-state index in [4.69, 9.17) is 17.3 Å². The Morgan fingerprint density at radius 3 is 2.44 bits per heavy atom. The maximum atomic E-state index is 9.98. The number of hydrogen-bond donors (Lipinski definition) is 2. The molecule has 0 aromatic heterocycles. The van der Waals surface area contributed by atoms with Gasteiger partial charge in [-0.1, -0.05) is 48.0 Å². The van der Waals surface area contributed by atoms with Crippen LogP contribution in [0.25, 0.3) is 0 Å². The number of nitrogens with zero attached hydrogens (tertiary/aromatic N) is 2. The molecule has 0 radical (unpaired) electrons. The van der Waals surface area contributed by atoms with Crippen LogP contribution in [0.3, 0.4) is 0 Å². The normalized spacial score (nSPS) is 24.4. The van der Waals surface area contributed by atoms with Crippen molar-refractivity contribution >= 4 is 11.6 Å². The van der Waals surface area contributed by atoms with Gasteiger partial charge in [0.2, 0.25) is 0 Å². The Hall–Kier alpha value is -1.17. The van der Waals surface area contributed by atoms with Crippen LogP contribution >= 0.6 is 11.6 Å². The Labute approximate surface area is 155 Å². The van der Waals surface area contributed by atoms with Crippen LogP contribution in [0.5, 0.6) is 0 Å². The fourth-order valence-corrected chi connectivity index (χ4v) is 3.85. The molecular weight excluding hydrogens is 334 g/mol. The number of hydrogen-bond acceptors (Lipinski definition) is 4. The third-order valence-corrected chi connectivity index (χ3v) is 5.55. The van der Waals surface area contributed by atoms with Crippen LogP contribution in [0.4, 0.5) is 0 Å². The molecule has 4 nitrogen and oxygen atoms in total. The van der Waals surface area contributed by atoms with Gasteiger partial charge in [-0.05, 0) is 37.1 Å². The Kier molecular flexibility index (Phi) is 6.68. The van der Waals surface area contributed by atoms with Crippen molar-refractivity contribution < 1.29 is 5.11 Å². The molecule has 1 heterocycles. The van der Waals surface area contributed by atoms with Gasteiger partial charge >= 0.3 is 0 Å². The molecule has 3 atom stereocenters. The summed E-state index contributed by atoms with van der Waals surface area (Å²) < 4.78 is 0. The van der Waals surface area contributed by atoms with Crippen LogP contribution in [0.15, 0.2) is 48.6 Å². The maximum Gasteiger partial charge on any atom is 0.109 e. The molecule has 1 aromatic carbocycles. The maximum absolute atomic E-state index is 9.98. The number of nitrogens with two attached hydrogens (primary N) is 1. The number of rotatable bonds is 6. The average Bonchev–Trinajstić information content (AvgIpc) is 2.64. The van der Waals surface area contributed by atoms with Gasteiger partial charge in [0.15, 0.2) is 0 Å². The first-order chi connectivity index (χ1) is 12.1. The molecule has 5 heteroatoms. The lowest BCUT2D eigenvalue weighted by molar-refractivity contribution is 0.0972. The van der Waals surface area contributed by atoms with E-state index in [0.717, 1.165) is 51.1 Å². The standard InChI is InChI=1S/C20H28ClN3O/c21-17-8-6-16(7-9-17)19(20(22)25)10-11-23-12-14-24(15-13-23)18-4-2-1-3-5-18/h1-4,6-9,18-20,25H,5,10-15,22H2. The summed E-state index contributed by atoms with van der Waals surface area (Å²) in [6.07, 6.45) is 9.95. The van der Waals surface area contributed by atoms with Crippen LogP contribution in [-0.4, -0.2) is 59.9 Å². The van der Waals surface area contributed by atoms with Gasteiger partial charge in [-0.2, -0.15) is 0 Å². The predicted octanol–water partition coefficient (Wildman–Crippen LogP) is 2.59. The van der Waals surface area contributed by atoms with Crippen LogP contribution < -0.4 is 5.73 Å².